The molecule has 0 aromatic heterocycles. The minimum Gasteiger partial charge on any atom is -0.508 e. The zero-order valence-electron chi connectivity index (χ0n) is 13.6. The summed E-state index contributed by atoms with van der Waals surface area (Å²) < 4.78 is 15.6. The molecule has 0 heterocycles. The van der Waals surface area contributed by atoms with Gasteiger partial charge in [-0.1, -0.05) is 18.2 Å². The van der Waals surface area contributed by atoms with Crippen molar-refractivity contribution in [2.24, 2.45) is 0 Å². The highest BCUT2D eigenvalue weighted by Gasteiger charge is 2.24. The molecule has 0 saturated carbocycles. The zero-order chi connectivity index (χ0) is 17.7. The number of benzene rings is 2. The molecule has 0 aliphatic rings. The number of allylic oxidation sites excluding steroid dienone is 1. The normalized spacial score (nSPS) is 10.6. The third-order valence-corrected chi connectivity index (χ3v) is 3.38. The van der Waals surface area contributed by atoms with Gasteiger partial charge in [-0.2, -0.15) is 0 Å². The van der Waals surface area contributed by atoms with Crippen molar-refractivity contribution in [3.63, 3.8) is 0 Å². The standard InChI is InChI=1S/C18H18O6/c1-22-15-10-14(21)16(18(24-3)17(15)23-2)13(20)9-6-11-4-7-12(19)8-5-11/h4-10,19,21H,1-3H3/b9-6+. The molecule has 0 atom stereocenters. The molecule has 2 aromatic rings. The molecular formula is C18H18O6. The fourth-order valence-corrected chi connectivity index (χ4v) is 2.22. The molecule has 6 nitrogen and oxygen atoms in total. The highest BCUT2D eigenvalue weighted by Crippen LogP contribution is 2.44. The molecule has 0 amide bonds. The van der Waals surface area contributed by atoms with Gasteiger partial charge in [0.25, 0.3) is 0 Å². The van der Waals surface area contributed by atoms with E-state index in [0.29, 0.717) is 0 Å². The fourth-order valence-electron chi connectivity index (χ4n) is 2.22. The Balaban J connectivity index is 2.43. The number of hydrogen-bond acceptors (Lipinski definition) is 6. The average Bonchev–Trinajstić information content (AvgIpc) is 2.59. The summed E-state index contributed by atoms with van der Waals surface area (Å²) in [6.07, 6.45) is 2.87. The second-order valence-electron chi connectivity index (χ2n) is 4.83. The highest BCUT2D eigenvalue weighted by molar-refractivity contribution is 6.11. The van der Waals surface area contributed by atoms with Crippen LogP contribution in [0, 0.1) is 0 Å². The summed E-state index contributed by atoms with van der Waals surface area (Å²) in [5, 5.41) is 19.4. The minimum atomic E-state index is -0.460. The van der Waals surface area contributed by atoms with E-state index in [4.69, 9.17) is 14.2 Å². The zero-order valence-corrected chi connectivity index (χ0v) is 13.6. The van der Waals surface area contributed by atoms with Crippen molar-refractivity contribution in [3.05, 3.63) is 47.5 Å². The molecular weight excluding hydrogens is 312 g/mol. The number of rotatable bonds is 6. The Morgan fingerprint density at radius 3 is 2.12 bits per heavy atom. The van der Waals surface area contributed by atoms with Crippen LogP contribution in [-0.4, -0.2) is 37.3 Å². The van der Waals surface area contributed by atoms with Crippen molar-refractivity contribution in [2.45, 2.75) is 0 Å². The molecule has 2 aromatic carbocycles. The van der Waals surface area contributed by atoms with Gasteiger partial charge in [0.15, 0.2) is 17.3 Å². The first-order valence-corrected chi connectivity index (χ1v) is 7.05. The van der Waals surface area contributed by atoms with Gasteiger partial charge in [-0.3, -0.25) is 4.79 Å². The highest BCUT2D eigenvalue weighted by atomic mass is 16.5. The van der Waals surface area contributed by atoms with E-state index in [0.717, 1.165) is 5.56 Å². The van der Waals surface area contributed by atoms with Gasteiger partial charge in [-0.15, -0.1) is 0 Å². The van der Waals surface area contributed by atoms with E-state index in [9.17, 15) is 15.0 Å². The molecule has 0 spiro atoms. The molecule has 24 heavy (non-hydrogen) atoms. The van der Waals surface area contributed by atoms with Crippen LogP contribution in [0.3, 0.4) is 0 Å². The first-order chi connectivity index (χ1) is 11.5. The molecule has 0 bridgehead atoms. The van der Waals surface area contributed by atoms with Crippen LogP contribution in [-0.2, 0) is 0 Å². The van der Waals surface area contributed by atoms with Gasteiger partial charge >= 0.3 is 0 Å². The van der Waals surface area contributed by atoms with Gasteiger partial charge in [-0.05, 0) is 23.8 Å². The molecule has 0 aliphatic heterocycles. The molecule has 0 unspecified atom stereocenters. The molecule has 2 N–H and O–H groups in total. The van der Waals surface area contributed by atoms with Gasteiger partial charge in [0, 0.05) is 6.07 Å². The van der Waals surface area contributed by atoms with Gasteiger partial charge in [0.1, 0.15) is 17.1 Å². The van der Waals surface area contributed by atoms with Crippen LogP contribution in [0.1, 0.15) is 15.9 Å². The summed E-state index contributed by atoms with van der Waals surface area (Å²) in [5.74, 6) is -0.0271. The number of phenolic OH excluding ortho intramolecular Hbond substituents is 2. The number of ether oxygens (including phenoxy) is 3. The Morgan fingerprint density at radius 2 is 1.58 bits per heavy atom. The first kappa shape index (κ1) is 17.2. The Labute approximate surface area is 139 Å². The Hall–Kier alpha value is -3.15. The van der Waals surface area contributed by atoms with E-state index >= 15 is 0 Å². The van der Waals surface area contributed by atoms with Gasteiger partial charge in [-0.25, -0.2) is 0 Å². The van der Waals surface area contributed by atoms with Crippen LogP contribution in [0.2, 0.25) is 0 Å². The van der Waals surface area contributed by atoms with Crippen LogP contribution < -0.4 is 14.2 Å². The lowest BCUT2D eigenvalue weighted by molar-refractivity contribution is 0.104. The predicted octanol–water partition coefficient (Wildman–Crippen LogP) is 3.02. The number of carbonyl (C=O) groups excluding carboxylic acids is 1. The Kier molecular flexibility index (Phi) is 5.31. The summed E-state index contributed by atoms with van der Waals surface area (Å²) in [5.41, 5.74) is 0.699. The van der Waals surface area contributed by atoms with E-state index < -0.39 is 5.78 Å². The summed E-state index contributed by atoms with van der Waals surface area (Å²) in [4.78, 5) is 12.5. The SMILES string of the molecule is COc1cc(O)c(C(=O)/C=C/c2ccc(O)cc2)c(OC)c1OC. The molecule has 0 aliphatic carbocycles. The van der Waals surface area contributed by atoms with E-state index in [-0.39, 0.29) is 34.3 Å². The molecule has 6 heteroatoms. The van der Waals surface area contributed by atoms with Crippen LogP contribution >= 0.6 is 0 Å². The number of aromatic hydroxyl groups is 2. The lowest BCUT2D eigenvalue weighted by Gasteiger charge is -2.15. The largest absolute Gasteiger partial charge is 0.508 e. The molecule has 0 radical (unpaired) electrons. The third-order valence-electron chi connectivity index (χ3n) is 3.38. The Bertz CT molecular complexity index is 762. The maximum Gasteiger partial charge on any atom is 0.204 e. The minimum absolute atomic E-state index is 0.0230. The van der Waals surface area contributed by atoms with Crippen molar-refractivity contribution >= 4 is 11.9 Å². The van der Waals surface area contributed by atoms with Gasteiger partial charge in [0.05, 0.1) is 21.3 Å². The Morgan fingerprint density at radius 1 is 0.958 bits per heavy atom. The summed E-state index contributed by atoms with van der Waals surface area (Å²) in [6, 6.07) is 7.63. The van der Waals surface area contributed by atoms with E-state index in [2.05, 4.69) is 0 Å². The monoisotopic (exact) mass is 330 g/mol. The van der Waals surface area contributed by atoms with Gasteiger partial charge < -0.3 is 24.4 Å². The first-order valence-electron chi connectivity index (χ1n) is 7.05. The third kappa shape index (κ3) is 3.43. The van der Waals surface area contributed by atoms with Crippen LogP contribution in [0.5, 0.6) is 28.7 Å². The fraction of sp³-hybridized carbons (Fsp3) is 0.167. The lowest BCUT2D eigenvalue weighted by atomic mass is 10.0. The topological polar surface area (TPSA) is 85.2 Å². The van der Waals surface area contributed by atoms with Crippen LogP contribution in [0.4, 0.5) is 0 Å². The number of ketones is 1. The summed E-state index contributed by atoms with van der Waals surface area (Å²) >= 11 is 0. The maximum atomic E-state index is 12.5. The average molecular weight is 330 g/mol. The summed E-state index contributed by atoms with van der Waals surface area (Å²) in [7, 11) is 4.21. The smallest absolute Gasteiger partial charge is 0.204 e. The van der Waals surface area contributed by atoms with E-state index in [1.807, 2.05) is 0 Å². The van der Waals surface area contributed by atoms with Crippen LogP contribution in [0.15, 0.2) is 36.4 Å². The number of methoxy groups -OCH3 is 3. The number of phenols is 2. The predicted molar refractivity (Wildman–Crippen MR) is 89.2 cm³/mol. The second kappa shape index (κ2) is 7.41. The maximum absolute atomic E-state index is 12.5. The molecule has 0 fully saturated rings. The van der Waals surface area contributed by atoms with Crippen LogP contribution in [0.25, 0.3) is 6.08 Å². The quantitative estimate of drug-likeness (QED) is 0.625. The molecule has 0 saturated heterocycles. The molecule has 126 valence electrons. The van der Waals surface area contributed by atoms with Gasteiger partial charge in [0.2, 0.25) is 5.75 Å². The van der Waals surface area contributed by atoms with Crippen molar-refractivity contribution < 1.29 is 29.2 Å². The van der Waals surface area contributed by atoms with Crippen molar-refractivity contribution in [3.8, 4) is 28.7 Å². The molecule has 2 rings (SSSR count). The van der Waals surface area contributed by atoms with Crippen molar-refractivity contribution in [2.75, 3.05) is 21.3 Å². The van der Waals surface area contributed by atoms with E-state index in [1.54, 1.807) is 18.2 Å². The van der Waals surface area contributed by atoms with Crippen molar-refractivity contribution in [1.29, 1.82) is 0 Å². The number of hydrogen-bond donors (Lipinski definition) is 2. The number of carbonyl (C=O) groups is 1. The summed E-state index contributed by atoms with van der Waals surface area (Å²) in [6.45, 7) is 0. The van der Waals surface area contributed by atoms with E-state index in [1.165, 1.54) is 45.6 Å². The second-order valence-corrected chi connectivity index (χ2v) is 4.83. The lowest BCUT2D eigenvalue weighted by Crippen LogP contribution is -2.03. The van der Waals surface area contributed by atoms with Crippen molar-refractivity contribution in [1.82, 2.24) is 0 Å².